The van der Waals surface area contributed by atoms with Crippen LogP contribution in [0.2, 0.25) is 0 Å². The maximum atomic E-state index is 12.0. The van der Waals surface area contributed by atoms with E-state index in [4.69, 9.17) is 9.47 Å². The molecule has 1 aromatic carbocycles. The van der Waals surface area contributed by atoms with Gasteiger partial charge in [-0.25, -0.2) is 0 Å². The highest BCUT2D eigenvalue weighted by molar-refractivity contribution is 8.00. The molecule has 1 aliphatic rings. The van der Waals surface area contributed by atoms with Crippen LogP contribution in [0.25, 0.3) is 0 Å². The van der Waals surface area contributed by atoms with Gasteiger partial charge in [0, 0.05) is 17.5 Å². The summed E-state index contributed by atoms with van der Waals surface area (Å²) < 4.78 is 10.8. The van der Waals surface area contributed by atoms with Crippen LogP contribution in [0, 0.1) is 0 Å². The van der Waals surface area contributed by atoms with Gasteiger partial charge in [0.05, 0.1) is 19.0 Å². The summed E-state index contributed by atoms with van der Waals surface area (Å²) in [5, 5.41) is 3.06. The Morgan fingerprint density at radius 3 is 3.14 bits per heavy atom. The monoisotopic (exact) mass is 323 g/mol. The number of carbonyl (C=O) groups excluding carboxylic acids is 1. The summed E-state index contributed by atoms with van der Waals surface area (Å²) in [6, 6.07) is 7.96. The first-order valence-corrected chi connectivity index (χ1v) is 8.83. The van der Waals surface area contributed by atoms with Crippen LogP contribution in [0.3, 0.4) is 0 Å². The standard InChI is InChI=1S/C17H25NO3S/c1-13(8-9-14-6-4-10-21-14)18-17(19)12-22-16-7-3-5-15(11-16)20-2/h3,5,7,11,13-14H,4,6,8-10,12H2,1-2H3,(H,18,19). The molecule has 22 heavy (non-hydrogen) atoms. The summed E-state index contributed by atoms with van der Waals surface area (Å²) in [5.74, 6) is 1.32. The lowest BCUT2D eigenvalue weighted by molar-refractivity contribution is -0.119. The Labute approximate surface area is 137 Å². The van der Waals surface area contributed by atoms with Crippen LogP contribution in [-0.2, 0) is 9.53 Å². The second-order valence-electron chi connectivity index (χ2n) is 5.65. The number of rotatable bonds is 8. The van der Waals surface area contributed by atoms with E-state index in [1.165, 1.54) is 18.2 Å². The second-order valence-corrected chi connectivity index (χ2v) is 6.70. The zero-order chi connectivity index (χ0) is 15.8. The fourth-order valence-electron chi connectivity index (χ4n) is 2.54. The summed E-state index contributed by atoms with van der Waals surface area (Å²) >= 11 is 1.53. The molecule has 0 spiro atoms. The van der Waals surface area contributed by atoms with Crippen molar-refractivity contribution >= 4 is 17.7 Å². The number of carbonyl (C=O) groups is 1. The Kier molecular flexibility index (Phi) is 7.06. The Hall–Kier alpha value is -1.20. The van der Waals surface area contributed by atoms with Gasteiger partial charge in [-0.05, 0) is 50.8 Å². The Balaban J connectivity index is 1.65. The van der Waals surface area contributed by atoms with Gasteiger partial charge in [0.15, 0.2) is 0 Å². The molecule has 0 saturated carbocycles. The van der Waals surface area contributed by atoms with E-state index in [1.807, 2.05) is 24.3 Å². The molecule has 1 heterocycles. The summed E-state index contributed by atoms with van der Waals surface area (Å²) in [7, 11) is 1.65. The first-order valence-electron chi connectivity index (χ1n) is 7.85. The molecule has 5 heteroatoms. The molecule has 1 aromatic rings. The third-order valence-corrected chi connectivity index (χ3v) is 4.76. The lowest BCUT2D eigenvalue weighted by Gasteiger charge is -2.16. The van der Waals surface area contributed by atoms with Crippen molar-refractivity contribution in [1.29, 1.82) is 0 Å². The lowest BCUT2D eigenvalue weighted by Crippen LogP contribution is -2.34. The number of hydrogen-bond donors (Lipinski definition) is 1. The molecular formula is C17H25NO3S. The number of thioether (sulfide) groups is 1. The molecule has 4 nitrogen and oxygen atoms in total. The van der Waals surface area contributed by atoms with E-state index < -0.39 is 0 Å². The van der Waals surface area contributed by atoms with Crippen molar-refractivity contribution in [2.24, 2.45) is 0 Å². The summed E-state index contributed by atoms with van der Waals surface area (Å²) in [6.45, 7) is 2.95. The van der Waals surface area contributed by atoms with Crippen molar-refractivity contribution in [3.63, 3.8) is 0 Å². The predicted molar refractivity (Wildman–Crippen MR) is 89.5 cm³/mol. The van der Waals surface area contributed by atoms with Gasteiger partial charge in [0.25, 0.3) is 0 Å². The maximum Gasteiger partial charge on any atom is 0.230 e. The lowest BCUT2D eigenvalue weighted by atomic mass is 10.1. The van der Waals surface area contributed by atoms with Crippen molar-refractivity contribution in [1.82, 2.24) is 5.32 Å². The van der Waals surface area contributed by atoms with E-state index in [9.17, 15) is 4.79 Å². The van der Waals surface area contributed by atoms with Gasteiger partial charge in [0.2, 0.25) is 5.91 Å². The molecule has 122 valence electrons. The zero-order valence-electron chi connectivity index (χ0n) is 13.3. The molecule has 2 unspecified atom stereocenters. The van der Waals surface area contributed by atoms with E-state index in [-0.39, 0.29) is 11.9 Å². The average molecular weight is 323 g/mol. The highest BCUT2D eigenvalue weighted by Crippen LogP contribution is 2.22. The summed E-state index contributed by atoms with van der Waals surface area (Å²) in [5.41, 5.74) is 0. The van der Waals surface area contributed by atoms with Crippen LogP contribution < -0.4 is 10.1 Å². The third kappa shape index (κ3) is 5.89. The number of ether oxygens (including phenoxy) is 2. The topological polar surface area (TPSA) is 47.6 Å². The number of nitrogens with one attached hydrogen (secondary N) is 1. The zero-order valence-corrected chi connectivity index (χ0v) is 14.2. The molecule has 1 saturated heterocycles. The third-order valence-electron chi connectivity index (χ3n) is 3.76. The molecule has 0 aromatic heterocycles. The van der Waals surface area contributed by atoms with Gasteiger partial charge in [-0.2, -0.15) is 0 Å². The van der Waals surface area contributed by atoms with Crippen LogP contribution >= 0.6 is 11.8 Å². The minimum Gasteiger partial charge on any atom is -0.497 e. The molecule has 2 atom stereocenters. The number of benzene rings is 1. The number of hydrogen-bond acceptors (Lipinski definition) is 4. The van der Waals surface area contributed by atoms with Gasteiger partial charge < -0.3 is 14.8 Å². The van der Waals surface area contributed by atoms with Crippen molar-refractivity contribution in [2.45, 2.75) is 49.6 Å². The second kappa shape index (κ2) is 9.06. The van der Waals surface area contributed by atoms with Crippen LogP contribution in [-0.4, -0.2) is 37.5 Å². The van der Waals surface area contributed by atoms with Crippen molar-refractivity contribution in [2.75, 3.05) is 19.5 Å². The highest BCUT2D eigenvalue weighted by atomic mass is 32.2. The Morgan fingerprint density at radius 1 is 1.55 bits per heavy atom. The van der Waals surface area contributed by atoms with Crippen molar-refractivity contribution < 1.29 is 14.3 Å². The summed E-state index contributed by atoms with van der Waals surface area (Å²) in [4.78, 5) is 13.0. The van der Waals surface area contributed by atoms with Crippen molar-refractivity contribution in [3.05, 3.63) is 24.3 Å². The van der Waals surface area contributed by atoms with E-state index in [1.54, 1.807) is 7.11 Å². The molecule has 0 aliphatic carbocycles. The van der Waals surface area contributed by atoms with E-state index >= 15 is 0 Å². The number of amides is 1. The molecule has 2 rings (SSSR count). The van der Waals surface area contributed by atoms with Gasteiger partial charge in [-0.3, -0.25) is 4.79 Å². The highest BCUT2D eigenvalue weighted by Gasteiger charge is 2.17. The Bertz CT molecular complexity index is 475. The van der Waals surface area contributed by atoms with Crippen LogP contribution in [0.1, 0.15) is 32.6 Å². The van der Waals surface area contributed by atoms with E-state index in [2.05, 4.69) is 12.2 Å². The van der Waals surface area contributed by atoms with Crippen LogP contribution in [0.15, 0.2) is 29.2 Å². The molecule has 1 N–H and O–H groups in total. The molecule has 0 bridgehead atoms. The minimum atomic E-state index is 0.0765. The number of methoxy groups -OCH3 is 1. The smallest absolute Gasteiger partial charge is 0.230 e. The molecule has 1 amide bonds. The largest absolute Gasteiger partial charge is 0.497 e. The van der Waals surface area contributed by atoms with Gasteiger partial charge in [-0.1, -0.05) is 6.07 Å². The predicted octanol–water partition coefficient (Wildman–Crippen LogP) is 3.25. The van der Waals surface area contributed by atoms with Crippen LogP contribution in [0.4, 0.5) is 0 Å². The molecule has 1 fully saturated rings. The van der Waals surface area contributed by atoms with Gasteiger partial charge >= 0.3 is 0 Å². The van der Waals surface area contributed by atoms with Crippen molar-refractivity contribution in [3.8, 4) is 5.75 Å². The SMILES string of the molecule is COc1cccc(SCC(=O)NC(C)CCC2CCCO2)c1. The minimum absolute atomic E-state index is 0.0765. The normalized spacial score (nSPS) is 18.9. The molecule has 1 aliphatic heterocycles. The van der Waals surface area contributed by atoms with E-state index in [0.717, 1.165) is 36.5 Å². The Morgan fingerprint density at radius 2 is 2.41 bits per heavy atom. The fourth-order valence-corrected chi connectivity index (χ4v) is 3.29. The first-order chi connectivity index (χ1) is 10.7. The summed E-state index contributed by atoms with van der Waals surface area (Å²) in [6.07, 6.45) is 4.73. The van der Waals surface area contributed by atoms with E-state index in [0.29, 0.717) is 11.9 Å². The van der Waals surface area contributed by atoms with Gasteiger partial charge in [-0.15, -0.1) is 11.8 Å². The first kappa shape index (κ1) is 17.2. The average Bonchev–Trinajstić information content (AvgIpc) is 3.04. The van der Waals surface area contributed by atoms with Crippen LogP contribution in [0.5, 0.6) is 5.75 Å². The maximum absolute atomic E-state index is 12.0. The molecule has 0 radical (unpaired) electrons. The fraction of sp³-hybridized carbons (Fsp3) is 0.588. The van der Waals surface area contributed by atoms with Gasteiger partial charge in [0.1, 0.15) is 5.75 Å². The molecular weight excluding hydrogens is 298 g/mol. The quantitative estimate of drug-likeness (QED) is 0.746.